The summed E-state index contributed by atoms with van der Waals surface area (Å²) >= 11 is 0. The molecule has 0 saturated heterocycles. The van der Waals surface area contributed by atoms with Crippen LogP contribution in [0.4, 0.5) is 0 Å². The van der Waals surface area contributed by atoms with Gasteiger partial charge in [-0.05, 0) is 57.8 Å². The number of likely N-dealkylation sites (N-methyl/N-ethyl adjacent to an activating group) is 1. The number of carbonyl (C=O) groups excluding carboxylic acids is 1. The van der Waals surface area contributed by atoms with Gasteiger partial charge in [-0.15, -0.1) is 0 Å². The molecule has 0 aromatic rings. The summed E-state index contributed by atoms with van der Waals surface area (Å²) in [7, 11) is 1.63. The van der Waals surface area contributed by atoms with Crippen LogP contribution in [0.15, 0.2) is 60.8 Å². The summed E-state index contributed by atoms with van der Waals surface area (Å²) in [4.78, 5) is 23.3. The lowest BCUT2D eigenvalue weighted by atomic mass is 10.0. The molecule has 0 heterocycles. The van der Waals surface area contributed by atoms with Gasteiger partial charge >= 0.3 is 7.82 Å². The monoisotopic (exact) mass is 1090 g/mol. The number of aliphatic hydroxyl groups is 1. The van der Waals surface area contributed by atoms with Gasteiger partial charge in [-0.1, -0.05) is 306 Å². The number of allylic oxidation sites excluding steroid dienone is 10. The number of phosphoric acid groups is 1. The summed E-state index contributed by atoms with van der Waals surface area (Å²) in [5.74, 6) is -0.140. The smallest absolute Gasteiger partial charge is 0.391 e. The number of unbranched alkanes of at least 4 members (excludes halogenated alkanes) is 37. The molecule has 0 rings (SSSR count). The van der Waals surface area contributed by atoms with Gasteiger partial charge in [0.25, 0.3) is 0 Å². The van der Waals surface area contributed by atoms with Crippen LogP contribution < -0.4 is 5.32 Å². The molecule has 76 heavy (non-hydrogen) atoms. The lowest BCUT2D eigenvalue weighted by molar-refractivity contribution is -0.870. The molecule has 0 spiro atoms. The fourth-order valence-electron chi connectivity index (χ4n) is 9.72. The van der Waals surface area contributed by atoms with E-state index in [9.17, 15) is 19.4 Å². The molecule has 1 amide bonds. The van der Waals surface area contributed by atoms with E-state index in [0.29, 0.717) is 23.9 Å². The van der Waals surface area contributed by atoms with Crippen molar-refractivity contribution in [2.75, 3.05) is 40.9 Å². The van der Waals surface area contributed by atoms with Crippen molar-refractivity contribution in [3.05, 3.63) is 60.8 Å². The first kappa shape index (κ1) is 74.2. The van der Waals surface area contributed by atoms with Gasteiger partial charge in [0.15, 0.2) is 0 Å². The molecular formula is C67H128N2O6P+. The van der Waals surface area contributed by atoms with E-state index in [2.05, 4.69) is 79.9 Å². The third kappa shape index (κ3) is 59.9. The van der Waals surface area contributed by atoms with E-state index in [1.54, 1.807) is 0 Å². The fraction of sp³-hybridized carbons (Fsp3) is 0.836. The summed E-state index contributed by atoms with van der Waals surface area (Å²) in [5, 5.41) is 14.1. The van der Waals surface area contributed by atoms with Crippen LogP contribution in [0.5, 0.6) is 0 Å². The van der Waals surface area contributed by atoms with E-state index in [1.165, 1.54) is 212 Å². The van der Waals surface area contributed by atoms with Crippen molar-refractivity contribution >= 4 is 13.7 Å². The van der Waals surface area contributed by atoms with Gasteiger partial charge in [0.1, 0.15) is 13.2 Å². The molecule has 3 unspecified atom stereocenters. The highest BCUT2D eigenvalue weighted by atomic mass is 31.2. The molecule has 0 aromatic carbocycles. The first-order chi connectivity index (χ1) is 37.0. The quantitative estimate of drug-likeness (QED) is 0.0243. The predicted octanol–water partition coefficient (Wildman–Crippen LogP) is 20.4. The maximum absolute atomic E-state index is 13.0. The molecule has 0 aromatic heterocycles. The van der Waals surface area contributed by atoms with Crippen molar-refractivity contribution in [1.29, 1.82) is 0 Å². The number of nitrogens with one attached hydrogen (secondary N) is 1. The molecule has 0 bridgehead atoms. The minimum absolute atomic E-state index is 0.0761. The first-order valence-electron chi connectivity index (χ1n) is 32.7. The van der Waals surface area contributed by atoms with Crippen LogP contribution in [0.2, 0.25) is 0 Å². The number of quaternary nitrogens is 1. The molecular weight excluding hydrogens is 960 g/mol. The minimum Gasteiger partial charge on any atom is -0.391 e. The van der Waals surface area contributed by atoms with Crippen molar-refractivity contribution in [2.45, 2.75) is 321 Å². The third-order valence-corrected chi connectivity index (χ3v) is 15.8. The van der Waals surface area contributed by atoms with Crippen LogP contribution in [0, 0.1) is 0 Å². The number of hydrogen-bond donors (Lipinski definition) is 3. The van der Waals surface area contributed by atoms with Crippen molar-refractivity contribution in [3.8, 4) is 0 Å². The van der Waals surface area contributed by atoms with Gasteiger partial charge in [-0.25, -0.2) is 4.57 Å². The molecule has 446 valence electrons. The van der Waals surface area contributed by atoms with Crippen molar-refractivity contribution < 1.29 is 32.9 Å². The maximum atomic E-state index is 13.0. The van der Waals surface area contributed by atoms with Crippen LogP contribution >= 0.6 is 7.82 Å². The van der Waals surface area contributed by atoms with Crippen LogP contribution in [0.25, 0.3) is 0 Å². The number of carbonyl (C=O) groups is 1. The molecule has 0 aliphatic carbocycles. The highest BCUT2D eigenvalue weighted by Crippen LogP contribution is 2.43. The Morgan fingerprint density at radius 2 is 0.789 bits per heavy atom. The van der Waals surface area contributed by atoms with E-state index in [-0.39, 0.29) is 19.1 Å². The largest absolute Gasteiger partial charge is 0.472 e. The Bertz CT molecular complexity index is 1420. The SMILES string of the molecule is CC/C=C\C/C=C\C/C=C\C/C=C\C/C=C\CCCCCCCCCCCCCCCCCCCCCCCCCCCC(=O)NC(COP(=O)(O)OCC[N+](C)(C)C)C(O)CCCCCCCCCCCCCCC. The zero-order valence-electron chi connectivity index (χ0n) is 51.0. The summed E-state index contributed by atoms with van der Waals surface area (Å²) in [6.07, 6.45) is 79.0. The topological polar surface area (TPSA) is 105 Å². The average molecular weight is 1090 g/mol. The molecule has 3 N–H and O–H groups in total. The highest BCUT2D eigenvalue weighted by Gasteiger charge is 2.28. The number of rotatable bonds is 60. The van der Waals surface area contributed by atoms with Crippen LogP contribution in [-0.2, 0) is 18.4 Å². The van der Waals surface area contributed by atoms with Crippen molar-refractivity contribution in [1.82, 2.24) is 5.32 Å². The molecule has 3 atom stereocenters. The van der Waals surface area contributed by atoms with Gasteiger partial charge in [-0.3, -0.25) is 13.8 Å². The molecule has 9 heteroatoms. The summed E-state index contributed by atoms with van der Waals surface area (Å²) in [6, 6.07) is -0.758. The molecule has 0 aliphatic heterocycles. The van der Waals surface area contributed by atoms with E-state index in [1.807, 2.05) is 21.1 Å². The fourth-order valence-corrected chi connectivity index (χ4v) is 10.5. The van der Waals surface area contributed by atoms with Gasteiger partial charge in [0.05, 0.1) is 39.9 Å². The second kappa shape index (κ2) is 57.9. The second-order valence-corrected chi connectivity index (χ2v) is 24.9. The molecule has 8 nitrogen and oxygen atoms in total. The predicted molar refractivity (Wildman–Crippen MR) is 332 cm³/mol. The molecule has 0 fully saturated rings. The van der Waals surface area contributed by atoms with Crippen LogP contribution in [0.3, 0.4) is 0 Å². The van der Waals surface area contributed by atoms with Crippen LogP contribution in [0.1, 0.15) is 309 Å². The Morgan fingerprint density at radius 3 is 1.16 bits per heavy atom. The van der Waals surface area contributed by atoms with Gasteiger partial charge in [0.2, 0.25) is 5.91 Å². The third-order valence-electron chi connectivity index (χ3n) is 14.8. The molecule has 0 aliphatic rings. The second-order valence-electron chi connectivity index (χ2n) is 23.5. The highest BCUT2D eigenvalue weighted by molar-refractivity contribution is 7.47. The molecule has 0 radical (unpaired) electrons. The van der Waals surface area contributed by atoms with E-state index >= 15 is 0 Å². The lowest BCUT2D eigenvalue weighted by Gasteiger charge is -2.26. The Kier molecular flexibility index (Phi) is 56.5. The van der Waals surface area contributed by atoms with Gasteiger partial charge < -0.3 is 19.8 Å². The Balaban J connectivity index is 3.83. The Morgan fingerprint density at radius 1 is 0.461 bits per heavy atom. The maximum Gasteiger partial charge on any atom is 0.472 e. The number of phosphoric ester groups is 1. The molecule has 0 saturated carbocycles. The van der Waals surface area contributed by atoms with E-state index in [0.717, 1.165) is 70.6 Å². The Hall–Kier alpha value is -1.80. The standard InChI is InChI=1S/C67H127N2O6P/c1-6-8-10-12-14-16-18-20-21-22-23-24-25-26-27-28-29-30-31-32-33-34-35-36-37-38-39-40-41-42-43-44-45-46-47-49-51-53-55-57-59-61-67(71)68-65(64-75-76(72,73)74-63-62-69(3,4)5)66(70)60-58-56-54-52-50-48-19-17-15-13-11-9-7-2/h8,10,14,16,20-21,23-24,26-27,65-66,70H,6-7,9,11-13,15,17-19,22,25,28-64H2,1-5H3,(H-,68,71,72,73)/p+1/b10-8-,16-14-,21-20-,24-23-,27-26-. The first-order valence-corrected chi connectivity index (χ1v) is 34.1. The average Bonchev–Trinajstić information content (AvgIpc) is 3.38. The number of nitrogens with zero attached hydrogens (tertiary/aromatic N) is 1. The van der Waals surface area contributed by atoms with E-state index < -0.39 is 20.0 Å². The summed E-state index contributed by atoms with van der Waals surface area (Å²) in [5.41, 5.74) is 0. The summed E-state index contributed by atoms with van der Waals surface area (Å²) in [6.45, 7) is 4.80. The lowest BCUT2D eigenvalue weighted by Crippen LogP contribution is -2.46. The van der Waals surface area contributed by atoms with Crippen molar-refractivity contribution in [2.24, 2.45) is 0 Å². The number of amides is 1. The Labute approximate surface area is 472 Å². The van der Waals surface area contributed by atoms with Crippen LogP contribution in [-0.4, -0.2) is 73.4 Å². The van der Waals surface area contributed by atoms with Gasteiger partial charge in [-0.2, -0.15) is 0 Å². The van der Waals surface area contributed by atoms with Crippen molar-refractivity contribution in [3.63, 3.8) is 0 Å². The number of aliphatic hydroxyl groups excluding tert-OH is 1. The van der Waals surface area contributed by atoms with E-state index in [4.69, 9.17) is 9.05 Å². The summed E-state index contributed by atoms with van der Waals surface area (Å²) < 4.78 is 23.8. The zero-order valence-corrected chi connectivity index (χ0v) is 51.9. The van der Waals surface area contributed by atoms with Gasteiger partial charge in [0, 0.05) is 6.42 Å². The minimum atomic E-state index is -4.32. The normalized spacial score (nSPS) is 14.1. The number of hydrogen-bond acceptors (Lipinski definition) is 5. The zero-order chi connectivity index (χ0) is 55.6.